The topological polar surface area (TPSA) is 56.7 Å². The maximum atomic E-state index is 5.76. The third kappa shape index (κ3) is 1.88. The molecule has 1 fully saturated rings. The zero-order valence-electron chi connectivity index (χ0n) is 10.3. The van der Waals surface area contributed by atoms with Crippen LogP contribution in [0.5, 0.6) is 0 Å². The van der Waals surface area contributed by atoms with Crippen LogP contribution in [-0.2, 0) is 6.42 Å². The van der Waals surface area contributed by atoms with E-state index in [1.807, 2.05) is 6.07 Å². The number of nitrogens with two attached hydrogens (primary N) is 1. The molecular weight excluding hydrogens is 212 g/mol. The Bertz CT molecular complexity index is 552. The van der Waals surface area contributed by atoms with E-state index in [4.69, 9.17) is 10.7 Å². The van der Waals surface area contributed by atoms with E-state index in [9.17, 15) is 0 Å². The molecule has 0 bridgehead atoms. The van der Waals surface area contributed by atoms with Gasteiger partial charge in [0, 0.05) is 12.5 Å². The first-order chi connectivity index (χ1) is 8.15. The van der Waals surface area contributed by atoms with Crippen LogP contribution in [0, 0.1) is 5.92 Å². The van der Waals surface area contributed by atoms with Gasteiger partial charge in [-0.1, -0.05) is 13.8 Å². The predicted octanol–water partition coefficient (Wildman–Crippen LogP) is 2.55. The second-order valence-corrected chi connectivity index (χ2v) is 5.34. The van der Waals surface area contributed by atoms with Gasteiger partial charge in [0.25, 0.3) is 0 Å². The van der Waals surface area contributed by atoms with Crippen molar-refractivity contribution in [1.82, 2.24) is 14.5 Å². The van der Waals surface area contributed by atoms with Gasteiger partial charge in [-0.25, -0.2) is 9.97 Å². The maximum absolute atomic E-state index is 5.76. The largest absolute Gasteiger partial charge is 0.397 e. The molecule has 4 heteroatoms. The van der Waals surface area contributed by atoms with Crippen molar-refractivity contribution < 1.29 is 0 Å². The third-order valence-corrected chi connectivity index (χ3v) is 3.13. The van der Waals surface area contributed by atoms with Gasteiger partial charge < -0.3 is 10.3 Å². The molecule has 0 radical (unpaired) electrons. The van der Waals surface area contributed by atoms with Crippen LogP contribution in [-0.4, -0.2) is 14.5 Å². The summed E-state index contributed by atoms with van der Waals surface area (Å²) in [6, 6.07) is 2.54. The fraction of sp³-hybridized carbons (Fsp3) is 0.538. The van der Waals surface area contributed by atoms with Crippen LogP contribution in [0.4, 0.5) is 5.69 Å². The van der Waals surface area contributed by atoms with Gasteiger partial charge in [0.1, 0.15) is 11.3 Å². The molecule has 2 N–H and O–H groups in total. The smallest absolute Gasteiger partial charge is 0.160 e. The van der Waals surface area contributed by atoms with E-state index in [-0.39, 0.29) is 0 Å². The summed E-state index contributed by atoms with van der Waals surface area (Å²) in [7, 11) is 0. The molecule has 0 amide bonds. The lowest BCUT2D eigenvalue weighted by Crippen LogP contribution is -2.05. The molecule has 1 aliphatic carbocycles. The molecule has 0 saturated heterocycles. The fourth-order valence-corrected chi connectivity index (χ4v) is 2.27. The molecular formula is C13H18N4. The summed E-state index contributed by atoms with van der Waals surface area (Å²) in [5, 5.41) is 0. The van der Waals surface area contributed by atoms with Gasteiger partial charge in [0.15, 0.2) is 5.65 Å². The number of hydrogen-bond acceptors (Lipinski definition) is 3. The van der Waals surface area contributed by atoms with E-state index in [0.717, 1.165) is 23.4 Å². The van der Waals surface area contributed by atoms with Crippen LogP contribution in [0.1, 0.15) is 38.6 Å². The molecule has 3 rings (SSSR count). The molecule has 0 spiro atoms. The number of pyridine rings is 1. The van der Waals surface area contributed by atoms with Gasteiger partial charge in [-0.3, -0.25) is 0 Å². The van der Waals surface area contributed by atoms with Crippen molar-refractivity contribution in [1.29, 1.82) is 0 Å². The summed E-state index contributed by atoms with van der Waals surface area (Å²) in [4.78, 5) is 9.14. The molecule has 0 aliphatic heterocycles. The van der Waals surface area contributed by atoms with Crippen molar-refractivity contribution in [3.63, 3.8) is 0 Å². The van der Waals surface area contributed by atoms with E-state index in [0.29, 0.717) is 17.6 Å². The van der Waals surface area contributed by atoms with E-state index in [1.54, 1.807) is 6.20 Å². The Balaban J connectivity index is 2.15. The van der Waals surface area contributed by atoms with Crippen LogP contribution >= 0.6 is 0 Å². The lowest BCUT2D eigenvalue weighted by atomic mass is 10.1. The van der Waals surface area contributed by atoms with Gasteiger partial charge in [0.05, 0.1) is 11.9 Å². The second kappa shape index (κ2) is 3.72. The second-order valence-electron chi connectivity index (χ2n) is 5.34. The molecule has 0 aromatic carbocycles. The minimum atomic E-state index is 0.613. The highest BCUT2D eigenvalue weighted by molar-refractivity contribution is 5.75. The molecule has 17 heavy (non-hydrogen) atoms. The number of hydrogen-bond donors (Lipinski definition) is 1. The van der Waals surface area contributed by atoms with E-state index >= 15 is 0 Å². The molecule has 0 atom stereocenters. The van der Waals surface area contributed by atoms with Crippen molar-refractivity contribution in [2.75, 3.05) is 5.73 Å². The van der Waals surface area contributed by atoms with E-state index in [1.165, 1.54) is 12.8 Å². The summed E-state index contributed by atoms with van der Waals surface area (Å²) in [5.74, 6) is 1.78. The quantitative estimate of drug-likeness (QED) is 0.881. The number of fused-ring (bicyclic) bond motifs is 1. The van der Waals surface area contributed by atoms with Gasteiger partial charge in [0.2, 0.25) is 0 Å². The summed E-state index contributed by atoms with van der Waals surface area (Å²) in [5.41, 5.74) is 8.39. The molecule has 2 aromatic heterocycles. The van der Waals surface area contributed by atoms with Crippen LogP contribution in [0.25, 0.3) is 11.2 Å². The van der Waals surface area contributed by atoms with Crippen molar-refractivity contribution in [2.45, 2.75) is 39.2 Å². The number of anilines is 1. The average Bonchev–Trinajstić information content (AvgIpc) is 3.00. The molecule has 1 saturated carbocycles. The Morgan fingerprint density at radius 1 is 1.47 bits per heavy atom. The number of rotatable bonds is 3. The number of aromatic nitrogens is 3. The lowest BCUT2D eigenvalue weighted by Gasteiger charge is -2.08. The Labute approximate surface area is 101 Å². The zero-order chi connectivity index (χ0) is 12.0. The van der Waals surface area contributed by atoms with Crippen LogP contribution < -0.4 is 5.73 Å². The maximum Gasteiger partial charge on any atom is 0.160 e. The number of nitrogens with zero attached hydrogens (tertiary/aromatic N) is 3. The first kappa shape index (κ1) is 10.6. The van der Waals surface area contributed by atoms with Crippen LogP contribution in [0.15, 0.2) is 12.3 Å². The summed E-state index contributed by atoms with van der Waals surface area (Å²) >= 11 is 0. The van der Waals surface area contributed by atoms with E-state index < -0.39 is 0 Å². The predicted molar refractivity (Wildman–Crippen MR) is 68.8 cm³/mol. The summed E-state index contributed by atoms with van der Waals surface area (Å²) in [6.07, 6.45) is 5.24. The first-order valence-electron chi connectivity index (χ1n) is 6.27. The van der Waals surface area contributed by atoms with Crippen LogP contribution in [0.2, 0.25) is 0 Å². The minimum Gasteiger partial charge on any atom is -0.397 e. The van der Waals surface area contributed by atoms with Gasteiger partial charge in [-0.05, 0) is 24.8 Å². The zero-order valence-corrected chi connectivity index (χ0v) is 10.3. The standard InChI is InChI=1S/C13H18N4/c1-8(2)5-12-16-11-6-9(14)7-15-13(11)17(12)10-3-4-10/h6-8,10H,3-5,14H2,1-2H3. The van der Waals surface area contributed by atoms with Crippen molar-refractivity contribution in [2.24, 2.45) is 5.92 Å². The number of nitrogen functional groups attached to an aromatic ring is 1. The van der Waals surface area contributed by atoms with Crippen molar-refractivity contribution in [3.05, 3.63) is 18.1 Å². The van der Waals surface area contributed by atoms with Crippen molar-refractivity contribution in [3.8, 4) is 0 Å². The van der Waals surface area contributed by atoms with Crippen LogP contribution in [0.3, 0.4) is 0 Å². The molecule has 2 aromatic rings. The van der Waals surface area contributed by atoms with Gasteiger partial charge in [-0.15, -0.1) is 0 Å². The average molecular weight is 230 g/mol. The summed E-state index contributed by atoms with van der Waals surface area (Å²) in [6.45, 7) is 4.44. The number of imidazole rings is 1. The Kier molecular flexibility index (Phi) is 2.31. The highest BCUT2D eigenvalue weighted by Gasteiger charge is 2.28. The first-order valence-corrected chi connectivity index (χ1v) is 6.27. The van der Waals surface area contributed by atoms with Gasteiger partial charge >= 0.3 is 0 Å². The molecule has 1 aliphatic rings. The van der Waals surface area contributed by atoms with Crippen molar-refractivity contribution >= 4 is 16.9 Å². The molecule has 90 valence electrons. The highest BCUT2D eigenvalue weighted by Crippen LogP contribution is 2.38. The monoisotopic (exact) mass is 230 g/mol. The Hall–Kier alpha value is -1.58. The fourth-order valence-electron chi connectivity index (χ4n) is 2.27. The van der Waals surface area contributed by atoms with Gasteiger partial charge in [-0.2, -0.15) is 0 Å². The highest BCUT2D eigenvalue weighted by atomic mass is 15.2. The normalized spacial score (nSPS) is 15.9. The minimum absolute atomic E-state index is 0.613. The Morgan fingerprint density at radius 3 is 2.88 bits per heavy atom. The summed E-state index contributed by atoms with van der Waals surface area (Å²) < 4.78 is 2.31. The third-order valence-electron chi connectivity index (χ3n) is 3.13. The Morgan fingerprint density at radius 2 is 2.24 bits per heavy atom. The molecule has 0 unspecified atom stereocenters. The van der Waals surface area contributed by atoms with E-state index in [2.05, 4.69) is 23.4 Å². The molecule has 2 heterocycles. The SMILES string of the molecule is CC(C)Cc1nc2cc(N)cnc2n1C1CC1. The lowest BCUT2D eigenvalue weighted by molar-refractivity contribution is 0.583. The molecule has 4 nitrogen and oxygen atoms in total.